The molecule has 3 rings (SSSR count). The summed E-state index contributed by atoms with van der Waals surface area (Å²) >= 11 is 6.16. The number of nitrogens with two attached hydrogens (primary N) is 1. The molecule has 6 nitrogen and oxygen atoms in total. The van der Waals surface area contributed by atoms with Crippen LogP contribution in [0.1, 0.15) is 40.5 Å². The van der Waals surface area contributed by atoms with Crippen LogP contribution >= 0.6 is 11.6 Å². The first-order valence-electron chi connectivity index (χ1n) is 9.87. The second-order valence-corrected chi connectivity index (χ2v) is 6.84. The van der Waals surface area contributed by atoms with Gasteiger partial charge in [-0.05, 0) is 24.5 Å². The van der Waals surface area contributed by atoms with E-state index < -0.39 is 0 Å². The Bertz CT molecular complexity index is 973. The van der Waals surface area contributed by atoms with Crippen molar-refractivity contribution < 1.29 is 5.11 Å². The summed E-state index contributed by atoms with van der Waals surface area (Å²) < 4.78 is 1.45. The van der Waals surface area contributed by atoms with Crippen molar-refractivity contribution >= 4 is 28.6 Å². The minimum atomic E-state index is -0.177. The molecule has 0 aliphatic rings. The molecule has 2 heterocycles. The lowest BCUT2D eigenvalue weighted by atomic mass is 10.1. The molecular weight excluding hydrogens is 388 g/mol. The Hall–Kier alpha value is -2.44. The average molecular weight is 419 g/mol. The molecule has 0 amide bonds. The number of benzene rings is 1. The quantitative estimate of drug-likeness (QED) is 0.641. The molecule has 1 atom stereocenters. The Kier molecular flexibility index (Phi) is 10.3. The summed E-state index contributed by atoms with van der Waals surface area (Å²) in [7, 11) is 1.65. The highest BCUT2D eigenvalue weighted by molar-refractivity contribution is 6.33. The van der Waals surface area contributed by atoms with E-state index in [0.29, 0.717) is 34.3 Å². The van der Waals surface area contributed by atoms with Crippen LogP contribution in [0.2, 0.25) is 5.02 Å². The van der Waals surface area contributed by atoms with Gasteiger partial charge in [0.15, 0.2) is 0 Å². The van der Waals surface area contributed by atoms with E-state index >= 15 is 0 Å². The number of rotatable bonds is 4. The van der Waals surface area contributed by atoms with Crippen molar-refractivity contribution in [2.24, 2.45) is 13.0 Å². The van der Waals surface area contributed by atoms with Crippen LogP contribution in [0, 0.1) is 5.92 Å². The van der Waals surface area contributed by atoms with Crippen LogP contribution in [0.25, 0.3) is 22.2 Å². The number of hydrogen-bond donors (Lipinski definition) is 2. The summed E-state index contributed by atoms with van der Waals surface area (Å²) in [5.41, 5.74) is 7.08. The molecule has 29 heavy (non-hydrogen) atoms. The van der Waals surface area contributed by atoms with Crippen LogP contribution in [0.4, 0.5) is 5.95 Å². The second kappa shape index (κ2) is 12.2. The van der Waals surface area contributed by atoms with Gasteiger partial charge in [0.1, 0.15) is 5.65 Å². The Morgan fingerprint density at radius 2 is 1.90 bits per heavy atom. The van der Waals surface area contributed by atoms with E-state index in [1.54, 1.807) is 25.4 Å². The van der Waals surface area contributed by atoms with Gasteiger partial charge in [-0.15, -0.1) is 0 Å². The molecule has 3 N–H and O–H groups in total. The zero-order valence-corrected chi connectivity index (χ0v) is 18.6. The normalized spacial score (nSPS) is 11.1. The standard InChI is InChI=1S/C14H11ClN4O.C6H14O.C2H6/c1-19-12-8(7-17-14(16)18-12)6-10(13(19)20)9-4-2-3-5-11(9)15;1-3-6(2)4-5-7;1-2/h2-7H,1H3,(H2,16,17,18);6-7H,3-5H2,1-2H3;1-2H3. The highest BCUT2D eigenvalue weighted by Crippen LogP contribution is 2.26. The summed E-state index contributed by atoms with van der Waals surface area (Å²) in [4.78, 5) is 20.5. The molecule has 7 heteroatoms. The first-order valence-corrected chi connectivity index (χ1v) is 10.2. The number of hydrogen-bond acceptors (Lipinski definition) is 5. The summed E-state index contributed by atoms with van der Waals surface area (Å²) in [6.07, 6.45) is 3.73. The van der Waals surface area contributed by atoms with E-state index in [9.17, 15) is 4.79 Å². The van der Waals surface area contributed by atoms with Gasteiger partial charge in [-0.25, -0.2) is 4.98 Å². The molecular formula is C22H31ClN4O2. The molecule has 0 aliphatic heterocycles. The maximum absolute atomic E-state index is 12.4. The minimum Gasteiger partial charge on any atom is -0.396 e. The molecule has 2 aromatic heterocycles. The van der Waals surface area contributed by atoms with Crippen molar-refractivity contribution in [1.29, 1.82) is 0 Å². The molecule has 0 saturated heterocycles. The maximum Gasteiger partial charge on any atom is 0.259 e. The number of aryl methyl sites for hydroxylation is 1. The predicted molar refractivity (Wildman–Crippen MR) is 122 cm³/mol. The molecule has 0 spiro atoms. The van der Waals surface area contributed by atoms with Crippen molar-refractivity contribution in [3.05, 3.63) is 51.9 Å². The fourth-order valence-electron chi connectivity index (χ4n) is 2.56. The van der Waals surface area contributed by atoms with E-state index in [0.717, 1.165) is 11.8 Å². The fraction of sp³-hybridized carbons (Fsp3) is 0.409. The third-order valence-electron chi connectivity index (χ3n) is 4.45. The number of halogens is 1. The number of anilines is 1. The second-order valence-electron chi connectivity index (χ2n) is 6.43. The third kappa shape index (κ3) is 6.54. The van der Waals surface area contributed by atoms with Crippen molar-refractivity contribution in [2.45, 2.75) is 40.5 Å². The number of nitrogen functional groups attached to an aromatic ring is 1. The van der Waals surface area contributed by atoms with Crippen molar-refractivity contribution in [2.75, 3.05) is 12.3 Å². The molecule has 0 aliphatic carbocycles. The van der Waals surface area contributed by atoms with Gasteiger partial charge < -0.3 is 10.8 Å². The van der Waals surface area contributed by atoms with Crippen molar-refractivity contribution in [1.82, 2.24) is 14.5 Å². The van der Waals surface area contributed by atoms with Crippen molar-refractivity contribution in [3.63, 3.8) is 0 Å². The Balaban J connectivity index is 0.000000399. The fourth-order valence-corrected chi connectivity index (χ4v) is 2.79. The largest absolute Gasteiger partial charge is 0.396 e. The van der Waals surface area contributed by atoms with Crippen LogP contribution in [0.5, 0.6) is 0 Å². The number of nitrogens with zero attached hydrogens (tertiary/aromatic N) is 3. The molecule has 1 unspecified atom stereocenters. The summed E-state index contributed by atoms with van der Waals surface area (Å²) in [5.74, 6) is 0.836. The number of fused-ring (bicyclic) bond motifs is 1. The smallest absolute Gasteiger partial charge is 0.259 e. The minimum absolute atomic E-state index is 0.137. The summed E-state index contributed by atoms with van der Waals surface area (Å²) in [6.45, 7) is 8.63. The van der Waals surface area contributed by atoms with Gasteiger partial charge in [0.2, 0.25) is 5.95 Å². The van der Waals surface area contributed by atoms with Crippen LogP contribution in [-0.4, -0.2) is 26.2 Å². The van der Waals surface area contributed by atoms with Crippen LogP contribution in [0.3, 0.4) is 0 Å². The molecule has 3 aromatic rings. The number of aromatic nitrogens is 3. The molecule has 158 valence electrons. The Morgan fingerprint density at radius 1 is 1.24 bits per heavy atom. The number of aliphatic hydroxyl groups excluding tert-OH is 1. The average Bonchev–Trinajstić information content (AvgIpc) is 2.74. The number of aliphatic hydroxyl groups is 1. The maximum atomic E-state index is 12.4. The van der Waals surface area contributed by atoms with Crippen LogP contribution in [-0.2, 0) is 7.05 Å². The van der Waals surface area contributed by atoms with Gasteiger partial charge in [0.25, 0.3) is 5.56 Å². The molecule has 0 bridgehead atoms. The first kappa shape index (κ1) is 24.6. The van der Waals surface area contributed by atoms with E-state index in [1.807, 2.05) is 32.0 Å². The topological polar surface area (TPSA) is 94.0 Å². The van der Waals surface area contributed by atoms with Gasteiger partial charge in [0, 0.05) is 41.4 Å². The monoisotopic (exact) mass is 418 g/mol. The van der Waals surface area contributed by atoms with Crippen LogP contribution in [0.15, 0.2) is 41.3 Å². The third-order valence-corrected chi connectivity index (χ3v) is 4.78. The highest BCUT2D eigenvalue weighted by Gasteiger charge is 2.12. The highest BCUT2D eigenvalue weighted by atomic mass is 35.5. The zero-order chi connectivity index (χ0) is 22.0. The lowest BCUT2D eigenvalue weighted by molar-refractivity contribution is 0.260. The SMILES string of the molecule is CC.CCC(C)CCO.Cn1c(=O)c(-c2ccccc2Cl)cc2cnc(N)nc21. The van der Waals surface area contributed by atoms with Gasteiger partial charge in [0.05, 0.1) is 0 Å². The summed E-state index contributed by atoms with van der Waals surface area (Å²) in [6, 6.07) is 8.95. The molecule has 0 saturated carbocycles. The lowest BCUT2D eigenvalue weighted by Crippen LogP contribution is -2.20. The number of pyridine rings is 1. The predicted octanol–water partition coefficient (Wildman–Crippen LogP) is 4.67. The van der Waals surface area contributed by atoms with E-state index in [2.05, 4.69) is 23.8 Å². The van der Waals surface area contributed by atoms with Crippen molar-refractivity contribution in [3.8, 4) is 11.1 Å². The van der Waals surface area contributed by atoms with Crippen LogP contribution < -0.4 is 11.3 Å². The zero-order valence-electron chi connectivity index (χ0n) is 17.8. The molecule has 1 aromatic carbocycles. The summed E-state index contributed by atoms with van der Waals surface area (Å²) in [5, 5.41) is 9.63. The van der Waals surface area contributed by atoms with Gasteiger partial charge in [-0.3, -0.25) is 9.36 Å². The van der Waals surface area contributed by atoms with E-state index in [-0.39, 0.29) is 11.5 Å². The van der Waals surface area contributed by atoms with E-state index in [1.165, 1.54) is 11.0 Å². The Labute approximate surface area is 177 Å². The lowest BCUT2D eigenvalue weighted by Gasteiger charge is -2.09. The van der Waals surface area contributed by atoms with Gasteiger partial charge in [-0.2, -0.15) is 4.98 Å². The molecule has 0 fully saturated rings. The van der Waals surface area contributed by atoms with E-state index in [4.69, 9.17) is 22.4 Å². The van der Waals surface area contributed by atoms with Gasteiger partial charge >= 0.3 is 0 Å². The molecule has 0 radical (unpaired) electrons. The van der Waals surface area contributed by atoms with Gasteiger partial charge in [-0.1, -0.05) is 63.9 Å². The first-order chi connectivity index (χ1) is 13.9. The Morgan fingerprint density at radius 3 is 2.45 bits per heavy atom.